The Hall–Kier alpha value is -1.62. The second kappa shape index (κ2) is 7.58. The van der Waals surface area contributed by atoms with Crippen LogP contribution in [0.1, 0.15) is 20.3 Å². The molecule has 5 heteroatoms. The lowest BCUT2D eigenvalue weighted by atomic mass is 9.99. The number of ether oxygens (including phenoxy) is 5. The maximum atomic E-state index is 5.98. The Morgan fingerprint density at radius 1 is 1.09 bits per heavy atom. The van der Waals surface area contributed by atoms with Crippen LogP contribution in [-0.2, 0) is 4.74 Å². The van der Waals surface area contributed by atoms with Crippen LogP contribution < -0.4 is 18.9 Å². The molecule has 5 nitrogen and oxygen atoms in total. The van der Waals surface area contributed by atoms with Crippen molar-refractivity contribution < 1.29 is 23.7 Å². The standard InChI is InChI=1S/C17H26O5/c1-11(2)14-6-12(9-21-14)10-22-17-15(19-4)7-13(18-3)8-16(17)20-5/h7-8,11-12,14H,6,9-10H2,1-5H3/t12-,14+/m0/s1. The molecule has 2 rings (SSSR count). The molecule has 0 bridgehead atoms. The zero-order valence-electron chi connectivity index (χ0n) is 14.0. The van der Waals surface area contributed by atoms with Gasteiger partial charge in [-0.3, -0.25) is 0 Å². The van der Waals surface area contributed by atoms with Crippen molar-refractivity contribution in [2.24, 2.45) is 11.8 Å². The van der Waals surface area contributed by atoms with Crippen molar-refractivity contribution in [1.82, 2.24) is 0 Å². The molecule has 0 N–H and O–H groups in total. The number of methoxy groups -OCH3 is 3. The molecule has 1 aromatic rings. The molecular formula is C17H26O5. The number of benzene rings is 1. The summed E-state index contributed by atoms with van der Waals surface area (Å²) >= 11 is 0. The van der Waals surface area contributed by atoms with Crippen molar-refractivity contribution in [1.29, 1.82) is 0 Å². The van der Waals surface area contributed by atoms with Gasteiger partial charge in [0.05, 0.1) is 40.6 Å². The van der Waals surface area contributed by atoms with Gasteiger partial charge in [-0.1, -0.05) is 13.8 Å². The molecule has 0 saturated carbocycles. The monoisotopic (exact) mass is 310 g/mol. The van der Waals surface area contributed by atoms with Gasteiger partial charge >= 0.3 is 0 Å². The van der Waals surface area contributed by atoms with Crippen LogP contribution in [0.5, 0.6) is 23.0 Å². The minimum Gasteiger partial charge on any atom is -0.496 e. The highest BCUT2D eigenvalue weighted by molar-refractivity contribution is 5.55. The molecule has 0 aliphatic carbocycles. The van der Waals surface area contributed by atoms with Crippen LogP contribution in [0.4, 0.5) is 0 Å². The molecule has 0 amide bonds. The average molecular weight is 310 g/mol. The molecule has 2 atom stereocenters. The van der Waals surface area contributed by atoms with Crippen molar-refractivity contribution in [3.8, 4) is 23.0 Å². The molecule has 1 saturated heterocycles. The third-order valence-corrected chi connectivity index (χ3v) is 3.99. The molecule has 1 aliphatic heterocycles. The Morgan fingerprint density at radius 2 is 1.73 bits per heavy atom. The fraction of sp³-hybridized carbons (Fsp3) is 0.647. The van der Waals surface area contributed by atoms with E-state index in [0.717, 1.165) is 13.0 Å². The second-order valence-electron chi connectivity index (χ2n) is 5.89. The second-order valence-corrected chi connectivity index (χ2v) is 5.89. The smallest absolute Gasteiger partial charge is 0.203 e. The maximum Gasteiger partial charge on any atom is 0.203 e. The number of hydrogen-bond acceptors (Lipinski definition) is 5. The first kappa shape index (κ1) is 16.7. The molecular weight excluding hydrogens is 284 g/mol. The summed E-state index contributed by atoms with van der Waals surface area (Å²) in [6.07, 6.45) is 1.35. The third-order valence-electron chi connectivity index (χ3n) is 3.99. The largest absolute Gasteiger partial charge is 0.496 e. The Morgan fingerprint density at radius 3 is 2.18 bits per heavy atom. The first-order valence-electron chi connectivity index (χ1n) is 7.63. The highest BCUT2D eigenvalue weighted by Crippen LogP contribution is 2.41. The van der Waals surface area contributed by atoms with Gasteiger partial charge in [-0.15, -0.1) is 0 Å². The van der Waals surface area contributed by atoms with Gasteiger partial charge in [0.2, 0.25) is 5.75 Å². The minimum absolute atomic E-state index is 0.327. The van der Waals surface area contributed by atoms with Crippen molar-refractivity contribution in [3.05, 3.63) is 12.1 Å². The molecule has 0 unspecified atom stereocenters. The molecule has 1 fully saturated rings. The molecule has 0 spiro atoms. The van der Waals surface area contributed by atoms with E-state index in [9.17, 15) is 0 Å². The summed E-state index contributed by atoms with van der Waals surface area (Å²) in [6.45, 7) is 5.69. The van der Waals surface area contributed by atoms with Gasteiger partial charge in [0, 0.05) is 18.1 Å². The minimum atomic E-state index is 0.327. The number of rotatable bonds is 7. The normalized spacial score (nSPS) is 21.0. The topological polar surface area (TPSA) is 46.2 Å². The van der Waals surface area contributed by atoms with Crippen LogP contribution in [0.2, 0.25) is 0 Å². The zero-order valence-corrected chi connectivity index (χ0v) is 14.0. The zero-order chi connectivity index (χ0) is 16.1. The highest BCUT2D eigenvalue weighted by atomic mass is 16.5. The molecule has 1 aliphatic rings. The summed E-state index contributed by atoms with van der Waals surface area (Å²) in [5.41, 5.74) is 0. The maximum absolute atomic E-state index is 5.98. The van der Waals surface area contributed by atoms with Crippen molar-refractivity contribution in [2.75, 3.05) is 34.5 Å². The van der Waals surface area contributed by atoms with Crippen LogP contribution in [0.25, 0.3) is 0 Å². The van der Waals surface area contributed by atoms with Gasteiger partial charge in [0.1, 0.15) is 5.75 Å². The van der Waals surface area contributed by atoms with Gasteiger partial charge < -0.3 is 23.7 Å². The Balaban J connectivity index is 2.06. The van der Waals surface area contributed by atoms with Gasteiger partial charge in [-0.2, -0.15) is 0 Å². The van der Waals surface area contributed by atoms with E-state index < -0.39 is 0 Å². The molecule has 0 aromatic heterocycles. The summed E-state index contributed by atoms with van der Waals surface area (Å²) in [5, 5.41) is 0. The highest BCUT2D eigenvalue weighted by Gasteiger charge is 2.28. The summed E-state index contributed by atoms with van der Waals surface area (Å²) < 4.78 is 27.8. The van der Waals surface area contributed by atoms with E-state index in [1.54, 1.807) is 33.5 Å². The Kier molecular flexibility index (Phi) is 5.77. The summed E-state index contributed by atoms with van der Waals surface area (Å²) in [4.78, 5) is 0. The third kappa shape index (κ3) is 3.77. The predicted molar refractivity (Wildman–Crippen MR) is 84.3 cm³/mol. The van der Waals surface area contributed by atoms with Crippen LogP contribution in [0.3, 0.4) is 0 Å². The molecule has 1 aromatic carbocycles. The van der Waals surface area contributed by atoms with Crippen LogP contribution >= 0.6 is 0 Å². The molecule has 124 valence electrons. The lowest BCUT2D eigenvalue weighted by Gasteiger charge is -2.17. The van der Waals surface area contributed by atoms with Gasteiger partial charge in [-0.05, 0) is 12.3 Å². The summed E-state index contributed by atoms with van der Waals surface area (Å²) in [5.74, 6) is 3.42. The fourth-order valence-electron chi connectivity index (χ4n) is 2.62. The van der Waals surface area contributed by atoms with Crippen LogP contribution in [0, 0.1) is 11.8 Å². The predicted octanol–water partition coefficient (Wildman–Crippen LogP) is 3.15. The van der Waals surface area contributed by atoms with Crippen LogP contribution in [-0.4, -0.2) is 40.6 Å². The van der Waals surface area contributed by atoms with Gasteiger partial charge in [-0.25, -0.2) is 0 Å². The van der Waals surface area contributed by atoms with E-state index in [0.29, 0.717) is 47.5 Å². The Labute approximate surface area is 132 Å². The van der Waals surface area contributed by atoms with Gasteiger partial charge in [0.15, 0.2) is 11.5 Å². The molecule has 22 heavy (non-hydrogen) atoms. The average Bonchev–Trinajstić information content (AvgIpc) is 3.01. The summed E-state index contributed by atoms with van der Waals surface area (Å²) in [6, 6.07) is 3.58. The van der Waals surface area contributed by atoms with E-state index in [4.69, 9.17) is 23.7 Å². The van der Waals surface area contributed by atoms with Crippen molar-refractivity contribution in [2.45, 2.75) is 26.4 Å². The molecule has 1 heterocycles. The lowest BCUT2D eigenvalue weighted by Crippen LogP contribution is -2.15. The fourth-order valence-corrected chi connectivity index (χ4v) is 2.62. The van der Waals surface area contributed by atoms with E-state index >= 15 is 0 Å². The first-order chi connectivity index (χ1) is 10.6. The van der Waals surface area contributed by atoms with E-state index in [1.807, 2.05) is 0 Å². The van der Waals surface area contributed by atoms with Crippen molar-refractivity contribution in [3.63, 3.8) is 0 Å². The molecule has 0 radical (unpaired) electrons. The summed E-state index contributed by atoms with van der Waals surface area (Å²) in [7, 11) is 4.82. The van der Waals surface area contributed by atoms with E-state index in [-0.39, 0.29) is 0 Å². The first-order valence-corrected chi connectivity index (χ1v) is 7.63. The quantitative estimate of drug-likeness (QED) is 0.774. The van der Waals surface area contributed by atoms with Crippen LogP contribution in [0.15, 0.2) is 12.1 Å². The van der Waals surface area contributed by atoms with E-state index in [2.05, 4.69) is 13.8 Å². The van der Waals surface area contributed by atoms with Crippen molar-refractivity contribution >= 4 is 0 Å². The van der Waals surface area contributed by atoms with Gasteiger partial charge in [0.25, 0.3) is 0 Å². The Bertz CT molecular complexity index is 461. The van der Waals surface area contributed by atoms with E-state index in [1.165, 1.54) is 0 Å². The SMILES string of the molecule is COc1cc(OC)c(OC[C@@H]2CO[C@@H](C(C)C)C2)c(OC)c1. The lowest BCUT2D eigenvalue weighted by molar-refractivity contribution is 0.0709. The number of hydrogen-bond donors (Lipinski definition) is 0.